The lowest BCUT2D eigenvalue weighted by molar-refractivity contribution is 0.0600. The molecule has 0 aliphatic heterocycles. The number of hydrogen-bond acceptors (Lipinski definition) is 3. The summed E-state index contributed by atoms with van der Waals surface area (Å²) in [7, 11) is 1.23. The molecule has 0 unspecified atom stereocenters. The minimum Gasteiger partial charge on any atom is -0.465 e. The number of urea groups is 1. The molecule has 0 saturated carbocycles. The highest BCUT2D eigenvalue weighted by Crippen LogP contribution is 2.18. The quantitative estimate of drug-likeness (QED) is 0.854. The van der Waals surface area contributed by atoms with Gasteiger partial charge in [-0.25, -0.2) is 18.4 Å². The fourth-order valence-electron chi connectivity index (χ4n) is 1.73. The number of amides is 2. The van der Waals surface area contributed by atoms with E-state index >= 15 is 0 Å². The average molecular weight is 306 g/mol. The van der Waals surface area contributed by atoms with Gasteiger partial charge in [0.05, 0.1) is 12.7 Å². The number of rotatable bonds is 3. The third kappa shape index (κ3) is 3.57. The van der Waals surface area contributed by atoms with E-state index in [0.717, 1.165) is 12.1 Å². The molecule has 7 heteroatoms. The molecular weight excluding hydrogens is 294 g/mol. The lowest BCUT2D eigenvalue weighted by atomic mass is 10.2. The Morgan fingerprint density at radius 1 is 1.00 bits per heavy atom. The molecule has 0 spiro atoms. The Morgan fingerprint density at radius 2 is 1.64 bits per heavy atom. The van der Waals surface area contributed by atoms with Gasteiger partial charge in [-0.1, -0.05) is 12.1 Å². The topological polar surface area (TPSA) is 67.4 Å². The van der Waals surface area contributed by atoms with Crippen molar-refractivity contribution in [3.8, 4) is 0 Å². The van der Waals surface area contributed by atoms with Gasteiger partial charge < -0.3 is 15.4 Å². The molecule has 2 aromatic carbocycles. The van der Waals surface area contributed by atoms with E-state index in [1.165, 1.54) is 37.4 Å². The molecule has 0 aliphatic carbocycles. The maximum Gasteiger partial charge on any atom is 0.337 e. The summed E-state index contributed by atoms with van der Waals surface area (Å²) in [6, 6.07) is 8.33. The molecule has 0 atom stereocenters. The summed E-state index contributed by atoms with van der Waals surface area (Å²) in [5, 5.41) is 4.45. The van der Waals surface area contributed by atoms with Crippen LogP contribution >= 0.6 is 0 Å². The van der Waals surface area contributed by atoms with Crippen molar-refractivity contribution in [2.24, 2.45) is 0 Å². The van der Waals surface area contributed by atoms with Crippen molar-refractivity contribution in [2.45, 2.75) is 0 Å². The van der Waals surface area contributed by atoms with Crippen LogP contribution in [0.3, 0.4) is 0 Å². The van der Waals surface area contributed by atoms with Crippen molar-refractivity contribution in [3.05, 3.63) is 59.7 Å². The van der Waals surface area contributed by atoms with E-state index in [1.54, 1.807) is 0 Å². The highest BCUT2D eigenvalue weighted by atomic mass is 19.1. The largest absolute Gasteiger partial charge is 0.465 e. The van der Waals surface area contributed by atoms with Crippen LogP contribution in [-0.4, -0.2) is 19.1 Å². The molecule has 2 amide bonds. The molecule has 0 aromatic heterocycles. The van der Waals surface area contributed by atoms with Crippen LogP contribution in [0.15, 0.2) is 42.5 Å². The first kappa shape index (κ1) is 15.4. The van der Waals surface area contributed by atoms with Gasteiger partial charge in [0.15, 0.2) is 0 Å². The molecule has 0 aliphatic rings. The smallest absolute Gasteiger partial charge is 0.337 e. The van der Waals surface area contributed by atoms with Gasteiger partial charge in [-0.05, 0) is 30.3 Å². The van der Waals surface area contributed by atoms with Gasteiger partial charge >= 0.3 is 12.0 Å². The minimum atomic E-state index is -0.890. The number of anilines is 2. The molecule has 0 radical (unpaired) electrons. The van der Waals surface area contributed by atoms with Gasteiger partial charge in [0.2, 0.25) is 0 Å². The summed E-state index contributed by atoms with van der Waals surface area (Å²) >= 11 is 0. The number of esters is 1. The highest BCUT2D eigenvalue weighted by molar-refractivity contribution is 6.00. The Kier molecular flexibility index (Phi) is 4.67. The number of nitrogens with one attached hydrogen (secondary N) is 2. The molecule has 0 saturated heterocycles. The van der Waals surface area contributed by atoms with E-state index in [0.29, 0.717) is 0 Å². The van der Waals surface area contributed by atoms with Crippen LogP contribution in [0.4, 0.5) is 25.0 Å². The molecular formula is C15H12F2N2O3. The van der Waals surface area contributed by atoms with E-state index in [1.807, 2.05) is 0 Å². The SMILES string of the molecule is COC(=O)c1cccc(NC(=O)Nc2c(F)cccc2F)c1. The van der Waals surface area contributed by atoms with E-state index in [4.69, 9.17) is 0 Å². The standard InChI is InChI=1S/C15H12F2N2O3/c1-22-14(20)9-4-2-5-10(8-9)18-15(21)19-13-11(16)6-3-7-12(13)17/h2-8H,1H3,(H2,18,19,21). The van der Waals surface area contributed by atoms with Crippen molar-refractivity contribution in [3.63, 3.8) is 0 Å². The first-order valence-corrected chi connectivity index (χ1v) is 6.21. The average Bonchev–Trinajstić information content (AvgIpc) is 2.50. The Morgan fingerprint density at radius 3 is 2.27 bits per heavy atom. The number of hydrogen-bond donors (Lipinski definition) is 2. The van der Waals surface area contributed by atoms with Crippen LogP contribution in [0.5, 0.6) is 0 Å². The molecule has 2 N–H and O–H groups in total. The van der Waals surface area contributed by atoms with Gasteiger partial charge in [0.1, 0.15) is 17.3 Å². The van der Waals surface area contributed by atoms with E-state index in [2.05, 4.69) is 15.4 Å². The maximum atomic E-state index is 13.4. The lowest BCUT2D eigenvalue weighted by Crippen LogP contribution is -2.21. The van der Waals surface area contributed by atoms with Crippen LogP contribution in [0.1, 0.15) is 10.4 Å². The van der Waals surface area contributed by atoms with Gasteiger partial charge in [0.25, 0.3) is 0 Å². The zero-order valence-electron chi connectivity index (χ0n) is 11.5. The monoisotopic (exact) mass is 306 g/mol. The summed E-state index contributed by atoms with van der Waals surface area (Å²) in [5.74, 6) is -2.35. The highest BCUT2D eigenvalue weighted by Gasteiger charge is 2.12. The zero-order chi connectivity index (χ0) is 16.1. The number of carbonyl (C=O) groups is 2. The summed E-state index contributed by atoms with van der Waals surface area (Å²) in [4.78, 5) is 23.1. The van der Waals surface area contributed by atoms with Gasteiger partial charge in [-0.2, -0.15) is 0 Å². The number of benzene rings is 2. The summed E-state index contributed by atoms with van der Waals surface area (Å²) in [6.45, 7) is 0. The van der Waals surface area contributed by atoms with E-state index in [9.17, 15) is 18.4 Å². The first-order chi connectivity index (χ1) is 10.5. The first-order valence-electron chi connectivity index (χ1n) is 6.21. The Hall–Kier alpha value is -2.96. The van der Waals surface area contributed by atoms with Crippen LogP contribution in [0, 0.1) is 11.6 Å². The minimum absolute atomic E-state index is 0.234. The third-order valence-electron chi connectivity index (χ3n) is 2.74. The van der Waals surface area contributed by atoms with Gasteiger partial charge in [-0.3, -0.25) is 0 Å². The van der Waals surface area contributed by atoms with Gasteiger partial charge in [0, 0.05) is 5.69 Å². The molecule has 2 aromatic rings. The van der Waals surface area contributed by atoms with Crippen molar-refractivity contribution >= 4 is 23.4 Å². The molecule has 0 fully saturated rings. The summed E-state index contributed by atoms with van der Waals surface area (Å²) in [6.07, 6.45) is 0. The molecule has 0 heterocycles. The number of ether oxygens (including phenoxy) is 1. The number of methoxy groups -OCH3 is 1. The lowest BCUT2D eigenvalue weighted by Gasteiger charge is -2.10. The Bertz CT molecular complexity index is 699. The maximum absolute atomic E-state index is 13.4. The van der Waals surface area contributed by atoms with Crippen LogP contribution in [-0.2, 0) is 4.74 Å². The second kappa shape index (κ2) is 6.66. The number of para-hydroxylation sites is 1. The fraction of sp³-hybridized carbons (Fsp3) is 0.0667. The molecule has 5 nitrogen and oxygen atoms in total. The number of carbonyl (C=O) groups excluding carboxylic acids is 2. The molecule has 22 heavy (non-hydrogen) atoms. The normalized spacial score (nSPS) is 9.95. The van der Waals surface area contributed by atoms with Crippen molar-refractivity contribution in [1.29, 1.82) is 0 Å². The van der Waals surface area contributed by atoms with E-state index in [-0.39, 0.29) is 11.3 Å². The predicted molar refractivity (Wildman–Crippen MR) is 76.8 cm³/mol. The van der Waals surface area contributed by atoms with Crippen molar-refractivity contribution in [2.75, 3.05) is 17.7 Å². The zero-order valence-corrected chi connectivity index (χ0v) is 11.5. The predicted octanol–water partition coefficient (Wildman–Crippen LogP) is 3.40. The second-order valence-corrected chi connectivity index (χ2v) is 4.25. The molecule has 114 valence electrons. The van der Waals surface area contributed by atoms with Crippen LogP contribution in [0.25, 0.3) is 0 Å². The summed E-state index contributed by atoms with van der Waals surface area (Å²) in [5.41, 5.74) is -0.0429. The number of halogens is 2. The molecule has 0 bridgehead atoms. The van der Waals surface area contributed by atoms with E-state index < -0.39 is 29.3 Å². The van der Waals surface area contributed by atoms with Crippen LogP contribution in [0.2, 0.25) is 0 Å². The Balaban J connectivity index is 2.11. The third-order valence-corrected chi connectivity index (χ3v) is 2.74. The summed E-state index contributed by atoms with van der Waals surface area (Å²) < 4.78 is 31.4. The second-order valence-electron chi connectivity index (χ2n) is 4.25. The van der Waals surface area contributed by atoms with Crippen LogP contribution < -0.4 is 10.6 Å². The molecule has 2 rings (SSSR count). The van der Waals surface area contributed by atoms with Crippen molar-refractivity contribution in [1.82, 2.24) is 0 Å². The van der Waals surface area contributed by atoms with Crippen molar-refractivity contribution < 1.29 is 23.1 Å². The Labute approximate surface area is 124 Å². The fourth-order valence-corrected chi connectivity index (χ4v) is 1.73. The van der Waals surface area contributed by atoms with Gasteiger partial charge in [-0.15, -0.1) is 0 Å².